The maximum absolute atomic E-state index is 9.21. The Bertz CT molecular complexity index is 1470. The van der Waals surface area contributed by atoms with Gasteiger partial charge in [0.05, 0.1) is 6.07 Å². The maximum Gasteiger partial charge on any atom is 0.0584 e. The first-order valence-corrected chi connectivity index (χ1v) is 11.0. The topological polar surface area (TPSA) is 73.4 Å². The number of hydrogen-bond acceptors (Lipinski definition) is 4. The molecule has 0 N–H and O–H groups in total. The first-order chi connectivity index (χ1) is 17.2. The van der Waals surface area contributed by atoms with Crippen LogP contribution >= 0.6 is 0 Å². The summed E-state index contributed by atoms with van der Waals surface area (Å²) in [6.07, 6.45) is 3.53. The number of benzene rings is 3. The molecule has 0 aliphatic rings. The Balaban J connectivity index is 0.000000234. The number of nitrogens with zero attached hydrogens (tertiary/aromatic N) is 4. The van der Waals surface area contributed by atoms with Crippen molar-refractivity contribution in [1.29, 1.82) is 10.5 Å². The van der Waals surface area contributed by atoms with Crippen LogP contribution in [-0.2, 0) is 20.1 Å². The van der Waals surface area contributed by atoms with E-state index in [1.807, 2.05) is 97.9 Å². The van der Waals surface area contributed by atoms with Crippen molar-refractivity contribution < 1.29 is 20.1 Å². The van der Waals surface area contributed by atoms with Crippen LogP contribution in [0.25, 0.3) is 33.6 Å². The molecule has 1 radical (unpaired) electrons. The second-order valence-electron chi connectivity index (χ2n) is 7.59. The number of hydrogen-bond donors (Lipinski definition) is 0. The molecular formula is C31H20IrN4-2. The first kappa shape index (κ1) is 26.2. The van der Waals surface area contributed by atoms with Gasteiger partial charge in [-0.15, -0.1) is 54.1 Å². The number of aromatic nitrogens is 2. The van der Waals surface area contributed by atoms with Gasteiger partial charge in [-0.1, -0.05) is 48.0 Å². The number of pyridine rings is 2. The zero-order valence-electron chi connectivity index (χ0n) is 19.4. The van der Waals surface area contributed by atoms with Crippen molar-refractivity contribution in [3.63, 3.8) is 0 Å². The van der Waals surface area contributed by atoms with Gasteiger partial charge in [0.15, 0.2) is 0 Å². The van der Waals surface area contributed by atoms with Crippen molar-refractivity contribution in [2.75, 3.05) is 0 Å². The van der Waals surface area contributed by atoms with Crippen molar-refractivity contribution in [3.05, 3.63) is 132 Å². The molecule has 0 amide bonds. The average molecular weight is 641 g/mol. The van der Waals surface area contributed by atoms with Gasteiger partial charge in [-0.2, -0.15) is 0 Å². The minimum absolute atomic E-state index is 0. The van der Waals surface area contributed by atoms with Crippen LogP contribution in [0.1, 0.15) is 16.7 Å². The summed E-state index contributed by atoms with van der Waals surface area (Å²) in [5, 5.41) is 18.3. The Morgan fingerprint density at radius 2 is 1.50 bits per heavy atom. The molecule has 5 rings (SSSR count). The van der Waals surface area contributed by atoms with Crippen molar-refractivity contribution in [2.45, 2.75) is 6.92 Å². The van der Waals surface area contributed by atoms with E-state index in [1.165, 1.54) is 0 Å². The van der Waals surface area contributed by atoms with E-state index < -0.39 is 0 Å². The largest absolute Gasteiger partial charge is 0.305 e. The van der Waals surface area contributed by atoms with Crippen molar-refractivity contribution in [1.82, 2.24) is 9.97 Å². The van der Waals surface area contributed by atoms with E-state index in [4.69, 9.17) is 5.26 Å². The van der Waals surface area contributed by atoms with Gasteiger partial charge in [0.25, 0.3) is 0 Å². The van der Waals surface area contributed by atoms with Gasteiger partial charge in [-0.25, -0.2) is 10.5 Å². The smallest absolute Gasteiger partial charge is 0.0584 e. The van der Waals surface area contributed by atoms with Gasteiger partial charge >= 0.3 is 0 Å². The molecule has 0 unspecified atom stereocenters. The molecule has 4 nitrogen and oxygen atoms in total. The zero-order valence-corrected chi connectivity index (χ0v) is 21.8. The Hall–Kier alpha value is -4.41. The van der Waals surface area contributed by atoms with Crippen LogP contribution in [0, 0.1) is 41.7 Å². The van der Waals surface area contributed by atoms with Gasteiger partial charge in [-0.3, -0.25) is 4.98 Å². The third kappa shape index (κ3) is 6.17. The van der Waals surface area contributed by atoms with Gasteiger partial charge < -0.3 is 4.98 Å². The van der Waals surface area contributed by atoms with Gasteiger partial charge in [0, 0.05) is 38.2 Å². The summed E-state index contributed by atoms with van der Waals surface area (Å²) in [5.41, 5.74) is 7.22. The monoisotopic (exact) mass is 641 g/mol. The van der Waals surface area contributed by atoms with E-state index >= 15 is 0 Å². The summed E-state index contributed by atoms with van der Waals surface area (Å²) in [4.78, 5) is 8.71. The number of aryl methyl sites for hydroxylation is 1. The van der Waals surface area contributed by atoms with Gasteiger partial charge in [0.1, 0.15) is 0 Å². The second-order valence-corrected chi connectivity index (χ2v) is 7.59. The van der Waals surface area contributed by atoms with Crippen LogP contribution in [0.5, 0.6) is 0 Å². The predicted octanol–water partition coefficient (Wildman–Crippen LogP) is 6.81. The van der Waals surface area contributed by atoms with E-state index in [1.54, 1.807) is 24.5 Å². The van der Waals surface area contributed by atoms with E-state index in [-0.39, 0.29) is 25.7 Å². The predicted molar refractivity (Wildman–Crippen MR) is 137 cm³/mol. The molecule has 0 aliphatic heterocycles. The fourth-order valence-corrected chi connectivity index (χ4v) is 3.62. The minimum atomic E-state index is 0. The van der Waals surface area contributed by atoms with E-state index in [2.05, 4.69) is 22.1 Å². The molecule has 2 heterocycles. The molecule has 3 aromatic carbocycles. The summed E-state index contributed by atoms with van der Waals surface area (Å²) in [6, 6.07) is 39.2. The maximum atomic E-state index is 9.21. The minimum Gasteiger partial charge on any atom is -0.305 e. The van der Waals surface area contributed by atoms with Crippen LogP contribution in [-0.4, -0.2) is 9.97 Å². The number of rotatable bonds is 3. The van der Waals surface area contributed by atoms with Gasteiger partial charge in [-0.05, 0) is 58.6 Å². The second kappa shape index (κ2) is 12.9. The Kier molecular flexibility index (Phi) is 9.38. The SMILES string of the molecule is Cc1ccnc(-c2[c-]c(C#N)c(C#N)cc2)c1-c1ccccc1.[Ir].[c-]1ccccc1-c1ccccn1. The molecular weight excluding hydrogens is 621 g/mol. The molecule has 0 aliphatic carbocycles. The molecule has 2 aromatic heterocycles. The molecule has 0 atom stereocenters. The molecule has 0 saturated heterocycles. The third-order valence-corrected chi connectivity index (χ3v) is 5.30. The Morgan fingerprint density at radius 1 is 0.722 bits per heavy atom. The quantitative estimate of drug-likeness (QED) is 0.203. The normalized spacial score (nSPS) is 9.53. The average Bonchev–Trinajstić information content (AvgIpc) is 2.94. The van der Waals surface area contributed by atoms with Crippen LogP contribution in [0.2, 0.25) is 0 Å². The van der Waals surface area contributed by atoms with E-state index in [0.29, 0.717) is 11.1 Å². The molecule has 36 heavy (non-hydrogen) atoms. The summed E-state index contributed by atoms with van der Waals surface area (Å²) in [6.45, 7) is 2.03. The fraction of sp³-hybridized carbons (Fsp3) is 0.0323. The molecule has 0 bridgehead atoms. The first-order valence-electron chi connectivity index (χ1n) is 11.0. The van der Waals surface area contributed by atoms with E-state index in [0.717, 1.165) is 33.6 Å². The number of nitriles is 2. The third-order valence-electron chi connectivity index (χ3n) is 5.30. The van der Waals surface area contributed by atoms with Crippen molar-refractivity contribution in [2.24, 2.45) is 0 Å². The van der Waals surface area contributed by atoms with Crippen molar-refractivity contribution >= 4 is 0 Å². The van der Waals surface area contributed by atoms with Crippen LogP contribution < -0.4 is 0 Å². The fourth-order valence-electron chi connectivity index (χ4n) is 3.62. The summed E-state index contributed by atoms with van der Waals surface area (Å²) in [7, 11) is 0. The summed E-state index contributed by atoms with van der Waals surface area (Å²) < 4.78 is 0. The standard InChI is InChI=1S/C20H12N3.C11H8N.Ir/c1-14-9-10-23-20(19(14)15-5-3-2-4-6-15)16-7-8-17(12-21)18(11-16)13-22;1-2-6-10(7-3-1)11-8-4-5-9-12-11;/h2-10H,1H3;1-6,8-9H;/q2*-1;. The molecule has 5 heteroatoms. The van der Waals surface area contributed by atoms with Crippen LogP contribution in [0.15, 0.2) is 103 Å². The van der Waals surface area contributed by atoms with Crippen LogP contribution in [0.4, 0.5) is 0 Å². The molecule has 0 fully saturated rings. The molecule has 0 saturated carbocycles. The van der Waals surface area contributed by atoms with Crippen molar-refractivity contribution in [3.8, 4) is 45.8 Å². The summed E-state index contributed by atoms with van der Waals surface area (Å²) in [5.74, 6) is 0. The van der Waals surface area contributed by atoms with E-state index in [9.17, 15) is 5.26 Å². The molecule has 0 spiro atoms. The zero-order chi connectivity index (χ0) is 24.5. The van der Waals surface area contributed by atoms with Crippen LogP contribution in [0.3, 0.4) is 0 Å². The summed E-state index contributed by atoms with van der Waals surface area (Å²) >= 11 is 0. The Labute approximate surface area is 224 Å². The molecule has 5 aromatic rings. The Morgan fingerprint density at radius 3 is 2.17 bits per heavy atom. The van der Waals surface area contributed by atoms with Gasteiger partial charge in [0.2, 0.25) is 0 Å². The molecule has 175 valence electrons.